The third kappa shape index (κ3) is 5.32. The van der Waals surface area contributed by atoms with Gasteiger partial charge in [0.1, 0.15) is 11.2 Å². The molecule has 0 saturated carbocycles. The number of benzene rings is 10. The molecule has 0 aliphatic heterocycles. The fourth-order valence-electron chi connectivity index (χ4n) is 10.7. The predicted molar refractivity (Wildman–Crippen MR) is 261 cm³/mol. The second-order valence-electron chi connectivity index (χ2n) is 16.8. The van der Waals surface area contributed by atoms with Crippen LogP contribution in [0.1, 0.15) is 22.3 Å². The first-order valence-corrected chi connectivity index (χ1v) is 21.7. The molecule has 63 heavy (non-hydrogen) atoms. The summed E-state index contributed by atoms with van der Waals surface area (Å²) in [5.41, 5.74) is 22.0. The predicted octanol–water partition coefficient (Wildman–Crippen LogP) is 16.4. The summed E-state index contributed by atoms with van der Waals surface area (Å²) >= 11 is 0. The highest BCUT2D eigenvalue weighted by molar-refractivity contribution is 6.09. The van der Waals surface area contributed by atoms with Gasteiger partial charge in [0, 0.05) is 33.4 Å². The van der Waals surface area contributed by atoms with Gasteiger partial charge in [-0.05, 0) is 121 Å². The SMILES string of the molecule is c1ccc(-c2ccc(N(c3ccc(-c4cccc5c4oc4ccccc45)cc3)c3ccc4c(c3)C3(c5ccccc5-c5ccc(-c6ccccc6)cc53)c3ccccc3-4)cc2)cc1. The van der Waals surface area contributed by atoms with E-state index in [4.69, 9.17) is 4.42 Å². The molecule has 1 spiro atoms. The number of hydrogen-bond acceptors (Lipinski definition) is 2. The van der Waals surface area contributed by atoms with Gasteiger partial charge in [-0.2, -0.15) is 0 Å². The van der Waals surface area contributed by atoms with Gasteiger partial charge in [0.2, 0.25) is 0 Å². The van der Waals surface area contributed by atoms with Crippen molar-refractivity contribution >= 4 is 39.0 Å². The second kappa shape index (κ2) is 13.9. The van der Waals surface area contributed by atoms with Crippen molar-refractivity contribution in [3.63, 3.8) is 0 Å². The van der Waals surface area contributed by atoms with Crippen molar-refractivity contribution in [3.05, 3.63) is 259 Å². The Morgan fingerprint density at radius 3 is 1.43 bits per heavy atom. The van der Waals surface area contributed by atoms with Gasteiger partial charge in [-0.25, -0.2) is 0 Å². The molecular formula is C61H39NO. The Kier molecular flexibility index (Phi) is 7.85. The van der Waals surface area contributed by atoms with Crippen molar-refractivity contribution in [3.8, 4) is 55.6 Å². The Balaban J connectivity index is 1.01. The Morgan fingerprint density at radius 2 is 0.746 bits per heavy atom. The van der Waals surface area contributed by atoms with Crippen molar-refractivity contribution in [2.24, 2.45) is 0 Å². The van der Waals surface area contributed by atoms with E-state index in [1.165, 1.54) is 66.8 Å². The molecule has 2 nitrogen and oxygen atoms in total. The van der Waals surface area contributed by atoms with E-state index in [2.05, 4.69) is 229 Å². The molecule has 0 amide bonds. The molecular weight excluding hydrogens is 763 g/mol. The first kappa shape index (κ1) is 35.5. The van der Waals surface area contributed by atoms with E-state index in [9.17, 15) is 0 Å². The molecule has 0 fully saturated rings. The van der Waals surface area contributed by atoms with Crippen LogP contribution in [0.3, 0.4) is 0 Å². The number of rotatable bonds is 6. The first-order valence-electron chi connectivity index (χ1n) is 21.7. The minimum Gasteiger partial charge on any atom is -0.455 e. The van der Waals surface area contributed by atoms with Crippen LogP contribution in [-0.2, 0) is 5.41 Å². The molecule has 1 unspecified atom stereocenters. The van der Waals surface area contributed by atoms with E-state index in [-0.39, 0.29) is 0 Å². The van der Waals surface area contributed by atoms with E-state index >= 15 is 0 Å². The van der Waals surface area contributed by atoms with Crippen LogP contribution in [0.15, 0.2) is 241 Å². The highest BCUT2D eigenvalue weighted by atomic mass is 16.3. The lowest BCUT2D eigenvalue weighted by molar-refractivity contribution is 0.670. The van der Waals surface area contributed by atoms with Crippen molar-refractivity contribution in [1.29, 1.82) is 0 Å². The molecule has 1 atom stereocenters. The van der Waals surface area contributed by atoms with Crippen LogP contribution in [-0.4, -0.2) is 0 Å². The number of anilines is 3. The van der Waals surface area contributed by atoms with E-state index in [1.807, 2.05) is 12.1 Å². The van der Waals surface area contributed by atoms with Crippen molar-refractivity contribution in [2.45, 2.75) is 5.41 Å². The minimum atomic E-state index is -0.503. The molecule has 0 bridgehead atoms. The van der Waals surface area contributed by atoms with Gasteiger partial charge in [-0.3, -0.25) is 0 Å². The Labute approximate surface area is 366 Å². The lowest BCUT2D eigenvalue weighted by Crippen LogP contribution is -2.26. The molecule has 2 heteroatoms. The summed E-state index contributed by atoms with van der Waals surface area (Å²) in [7, 11) is 0. The molecule has 0 N–H and O–H groups in total. The van der Waals surface area contributed by atoms with Gasteiger partial charge in [0.05, 0.1) is 5.41 Å². The molecule has 0 radical (unpaired) electrons. The highest BCUT2D eigenvalue weighted by Gasteiger charge is 2.52. The minimum absolute atomic E-state index is 0.503. The van der Waals surface area contributed by atoms with Crippen LogP contribution in [0.25, 0.3) is 77.6 Å². The molecule has 1 aromatic heterocycles. The molecule has 294 valence electrons. The van der Waals surface area contributed by atoms with Gasteiger partial charge in [-0.1, -0.05) is 188 Å². The molecule has 2 aliphatic rings. The largest absolute Gasteiger partial charge is 0.455 e. The van der Waals surface area contributed by atoms with Crippen molar-refractivity contribution < 1.29 is 4.42 Å². The van der Waals surface area contributed by atoms with Gasteiger partial charge in [0.25, 0.3) is 0 Å². The van der Waals surface area contributed by atoms with Crippen LogP contribution in [0.2, 0.25) is 0 Å². The van der Waals surface area contributed by atoms with E-state index in [1.54, 1.807) is 0 Å². The average molecular weight is 802 g/mol. The number of hydrogen-bond donors (Lipinski definition) is 0. The summed E-state index contributed by atoms with van der Waals surface area (Å²) in [6, 6.07) is 86.5. The average Bonchev–Trinajstić information content (AvgIpc) is 3.99. The highest BCUT2D eigenvalue weighted by Crippen LogP contribution is 2.63. The van der Waals surface area contributed by atoms with Crippen LogP contribution in [0.4, 0.5) is 17.1 Å². The normalized spacial score (nSPS) is 14.4. The molecule has 13 rings (SSSR count). The number of furan rings is 1. The Hall–Kier alpha value is -8.20. The van der Waals surface area contributed by atoms with Crippen molar-refractivity contribution in [2.75, 3.05) is 4.90 Å². The maximum atomic E-state index is 6.49. The quantitative estimate of drug-likeness (QED) is 0.167. The van der Waals surface area contributed by atoms with Crippen molar-refractivity contribution in [1.82, 2.24) is 0 Å². The van der Waals surface area contributed by atoms with E-state index in [0.717, 1.165) is 50.1 Å². The number of para-hydroxylation sites is 2. The molecule has 11 aromatic rings. The first-order chi connectivity index (χ1) is 31.2. The molecule has 0 saturated heterocycles. The summed E-state index contributed by atoms with van der Waals surface area (Å²) in [6.07, 6.45) is 0. The summed E-state index contributed by atoms with van der Waals surface area (Å²) in [4.78, 5) is 2.42. The zero-order valence-electron chi connectivity index (χ0n) is 34.4. The number of fused-ring (bicyclic) bond motifs is 13. The van der Waals surface area contributed by atoms with Crippen LogP contribution in [0, 0.1) is 0 Å². The summed E-state index contributed by atoms with van der Waals surface area (Å²) in [5, 5.41) is 2.27. The zero-order chi connectivity index (χ0) is 41.5. The summed E-state index contributed by atoms with van der Waals surface area (Å²) in [6.45, 7) is 0. The Bertz CT molecular complexity index is 3540. The molecule has 10 aromatic carbocycles. The van der Waals surface area contributed by atoms with E-state index < -0.39 is 5.41 Å². The van der Waals surface area contributed by atoms with Gasteiger partial charge in [-0.15, -0.1) is 0 Å². The third-order valence-corrected chi connectivity index (χ3v) is 13.5. The summed E-state index contributed by atoms with van der Waals surface area (Å²) < 4.78 is 6.49. The van der Waals surface area contributed by atoms with E-state index in [0.29, 0.717) is 0 Å². The fourth-order valence-corrected chi connectivity index (χ4v) is 10.7. The summed E-state index contributed by atoms with van der Waals surface area (Å²) in [5.74, 6) is 0. The molecule has 2 aliphatic carbocycles. The van der Waals surface area contributed by atoms with Gasteiger partial charge < -0.3 is 9.32 Å². The lowest BCUT2D eigenvalue weighted by atomic mass is 9.70. The second-order valence-corrected chi connectivity index (χ2v) is 16.8. The van der Waals surface area contributed by atoms with Crippen LogP contribution < -0.4 is 4.90 Å². The maximum absolute atomic E-state index is 6.49. The van der Waals surface area contributed by atoms with Gasteiger partial charge >= 0.3 is 0 Å². The maximum Gasteiger partial charge on any atom is 0.143 e. The standard InChI is InChI=1S/C61H39NO/c1-3-14-40(15-4-1)42-26-31-45(32-27-42)62(46-33-28-43(29-34-46)48-21-13-22-54-53-20-9-12-25-59(53)63-60(48)54)47-35-37-52-50-19-8-11-24-56(50)61(58(52)39-47)55-23-10-7-18-49(55)51-36-30-44(38-57(51)61)41-16-5-2-6-17-41/h1-39H. The topological polar surface area (TPSA) is 16.4 Å². The lowest BCUT2D eigenvalue weighted by Gasteiger charge is -2.32. The monoisotopic (exact) mass is 801 g/mol. The fraction of sp³-hybridized carbons (Fsp3) is 0.0164. The van der Waals surface area contributed by atoms with Gasteiger partial charge in [0.15, 0.2) is 0 Å². The number of nitrogens with zero attached hydrogens (tertiary/aromatic N) is 1. The smallest absolute Gasteiger partial charge is 0.143 e. The van der Waals surface area contributed by atoms with Crippen LogP contribution >= 0.6 is 0 Å². The Morgan fingerprint density at radius 1 is 0.286 bits per heavy atom. The third-order valence-electron chi connectivity index (χ3n) is 13.5. The molecule has 1 heterocycles. The zero-order valence-corrected chi connectivity index (χ0v) is 34.4. The van der Waals surface area contributed by atoms with Crippen LogP contribution in [0.5, 0.6) is 0 Å².